The first-order chi connectivity index (χ1) is 17.7. The Balaban J connectivity index is 1.71. The molecule has 3 aromatic rings. The monoisotopic (exact) mass is 545 g/mol. The minimum Gasteiger partial charge on any atom is -0.482 e. The number of aliphatic hydroxyl groups excluding tert-OH is 2. The molecule has 8 heteroatoms. The van der Waals surface area contributed by atoms with Crippen molar-refractivity contribution in [2.24, 2.45) is 0 Å². The Bertz CT molecular complexity index is 1090. The number of esters is 1. The molecule has 0 aliphatic heterocycles. The van der Waals surface area contributed by atoms with E-state index in [0.29, 0.717) is 53.0 Å². The molecular weight excluding hydrogens is 513 g/mol. The second-order valence-electron chi connectivity index (χ2n) is 8.89. The van der Waals surface area contributed by atoms with Crippen molar-refractivity contribution in [2.75, 3.05) is 26.3 Å². The fraction of sp³-hybridized carbons (Fsp3) is 0.345. The summed E-state index contributed by atoms with van der Waals surface area (Å²) >= 11 is 12.3. The first-order valence-corrected chi connectivity index (χ1v) is 13.0. The smallest absolute Gasteiger partial charge is 0.344 e. The molecule has 0 saturated heterocycles. The molecule has 0 aliphatic rings. The third-order valence-electron chi connectivity index (χ3n) is 6.02. The standard InChI is InChI=1S/C29H33Cl2NO5/c1-3-36-29(35)19-37-26-12-10-21(11-13-26)14-20(2)32(17-27(33)22-6-4-8-24(30)15-22)18-28(34)23-7-5-9-25(31)16-23/h4-13,15-16,20,27-28,33-34H,3,14,17-19H2,1-2H3/t20-,27+,28+/m1/s1. The zero-order valence-electron chi connectivity index (χ0n) is 21.0. The molecule has 3 rings (SSSR count). The molecule has 6 nitrogen and oxygen atoms in total. The van der Waals surface area contributed by atoms with Crippen LogP contribution < -0.4 is 4.74 Å². The zero-order valence-corrected chi connectivity index (χ0v) is 22.5. The molecule has 0 fully saturated rings. The van der Waals surface area contributed by atoms with Crippen LogP contribution in [0.5, 0.6) is 5.75 Å². The van der Waals surface area contributed by atoms with E-state index in [9.17, 15) is 15.0 Å². The fourth-order valence-corrected chi connectivity index (χ4v) is 4.45. The molecule has 3 aromatic carbocycles. The van der Waals surface area contributed by atoms with Crippen LogP contribution in [0.4, 0.5) is 0 Å². The third-order valence-corrected chi connectivity index (χ3v) is 6.49. The Morgan fingerprint density at radius 2 is 1.43 bits per heavy atom. The van der Waals surface area contributed by atoms with Crippen LogP contribution in [-0.4, -0.2) is 53.4 Å². The van der Waals surface area contributed by atoms with Crippen molar-refractivity contribution in [2.45, 2.75) is 38.5 Å². The van der Waals surface area contributed by atoms with Gasteiger partial charge < -0.3 is 19.7 Å². The van der Waals surface area contributed by atoms with Gasteiger partial charge in [0.2, 0.25) is 0 Å². The van der Waals surface area contributed by atoms with Gasteiger partial charge in [-0.15, -0.1) is 0 Å². The highest BCUT2D eigenvalue weighted by Gasteiger charge is 2.23. The predicted octanol–water partition coefficient (Wildman–Crippen LogP) is 5.64. The maximum absolute atomic E-state index is 11.5. The Hall–Kier alpha value is -2.61. The fourth-order valence-electron chi connectivity index (χ4n) is 4.05. The molecular formula is C29H33Cl2NO5. The quantitative estimate of drug-likeness (QED) is 0.271. The first-order valence-electron chi connectivity index (χ1n) is 12.2. The topological polar surface area (TPSA) is 79.2 Å². The molecule has 0 aliphatic carbocycles. The third kappa shape index (κ3) is 9.33. The van der Waals surface area contributed by atoms with E-state index in [1.807, 2.05) is 36.4 Å². The summed E-state index contributed by atoms with van der Waals surface area (Å²) in [6.07, 6.45) is -0.902. The van der Waals surface area contributed by atoms with E-state index in [1.54, 1.807) is 43.3 Å². The molecule has 0 unspecified atom stereocenters. The van der Waals surface area contributed by atoms with Gasteiger partial charge in [-0.2, -0.15) is 0 Å². The number of carbonyl (C=O) groups excluding carboxylic acids is 1. The van der Waals surface area contributed by atoms with Crippen LogP contribution in [0.1, 0.15) is 42.7 Å². The number of rotatable bonds is 13. The number of halogens is 2. The summed E-state index contributed by atoms with van der Waals surface area (Å²) in [7, 11) is 0. The largest absolute Gasteiger partial charge is 0.482 e. The van der Waals surface area contributed by atoms with Crippen molar-refractivity contribution in [1.29, 1.82) is 0 Å². The van der Waals surface area contributed by atoms with E-state index >= 15 is 0 Å². The summed E-state index contributed by atoms with van der Waals surface area (Å²) in [6.45, 7) is 4.59. The summed E-state index contributed by atoms with van der Waals surface area (Å²) in [4.78, 5) is 13.6. The number of benzene rings is 3. The van der Waals surface area contributed by atoms with Gasteiger partial charge in [-0.1, -0.05) is 59.6 Å². The molecule has 0 heterocycles. The van der Waals surface area contributed by atoms with E-state index in [0.717, 1.165) is 5.56 Å². The van der Waals surface area contributed by atoms with E-state index in [4.69, 9.17) is 32.7 Å². The van der Waals surface area contributed by atoms with Gasteiger partial charge in [0, 0.05) is 29.2 Å². The van der Waals surface area contributed by atoms with E-state index < -0.39 is 18.2 Å². The van der Waals surface area contributed by atoms with Crippen LogP contribution in [0.2, 0.25) is 10.0 Å². The normalized spacial score (nSPS) is 13.7. The molecule has 0 spiro atoms. The highest BCUT2D eigenvalue weighted by atomic mass is 35.5. The van der Waals surface area contributed by atoms with Crippen LogP contribution in [0.15, 0.2) is 72.8 Å². The average molecular weight is 546 g/mol. The second kappa shape index (κ2) is 14.4. The van der Waals surface area contributed by atoms with Crippen molar-refractivity contribution in [3.63, 3.8) is 0 Å². The number of nitrogens with zero attached hydrogens (tertiary/aromatic N) is 1. The van der Waals surface area contributed by atoms with Crippen molar-refractivity contribution in [1.82, 2.24) is 4.90 Å². The molecule has 198 valence electrons. The Labute approximate surface area is 228 Å². The first kappa shape index (κ1) is 29.0. The molecule has 0 bridgehead atoms. The summed E-state index contributed by atoms with van der Waals surface area (Å²) < 4.78 is 10.4. The van der Waals surface area contributed by atoms with Crippen molar-refractivity contribution >= 4 is 29.2 Å². The van der Waals surface area contributed by atoms with E-state index in [1.165, 1.54) is 0 Å². The van der Waals surface area contributed by atoms with Crippen molar-refractivity contribution in [3.8, 4) is 5.75 Å². The van der Waals surface area contributed by atoms with Gasteiger partial charge in [0.25, 0.3) is 0 Å². The minimum atomic E-state index is -0.786. The second-order valence-corrected chi connectivity index (χ2v) is 9.76. The van der Waals surface area contributed by atoms with Crippen LogP contribution in [-0.2, 0) is 16.0 Å². The molecule has 2 N–H and O–H groups in total. The number of ether oxygens (including phenoxy) is 2. The maximum Gasteiger partial charge on any atom is 0.344 e. The van der Waals surface area contributed by atoms with Gasteiger partial charge in [0.1, 0.15) is 5.75 Å². The number of hydrogen-bond acceptors (Lipinski definition) is 6. The molecule has 37 heavy (non-hydrogen) atoms. The van der Waals surface area contributed by atoms with E-state index in [2.05, 4.69) is 11.8 Å². The lowest BCUT2D eigenvalue weighted by molar-refractivity contribution is -0.145. The maximum atomic E-state index is 11.5. The molecule has 0 saturated carbocycles. The number of carbonyl (C=O) groups is 1. The van der Waals surface area contributed by atoms with Crippen LogP contribution in [0, 0.1) is 0 Å². The van der Waals surface area contributed by atoms with Crippen LogP contribution >= 0.6 is 23.2 Å². The number of hydrogen-bond donors (Lipinski definition) is 2. The van der Waals surface area contributed by atoms with Gasteiger partial charge in [-0.25, -0.2) is 4.79 Å². The molecule has 0 amide bonds. The minimum absolute atomic E-state index is 0.0195. The molecule has 3 atom stereocenters. The predicted molar refractivity (Wildman–Crippen MR) is 146 cm³/mol. The Morgan fingerprint density at radius 3 is 1.92 bits per heavy atom. The summed E-state index contributed by atoms with van der Waals surface area (Å²) in [5, 5.41) is 23.1. The zero-order chi connectivity index (χ0) is 26.8. The highest BCUT2D eigenvalue weighted by Crippen LogP contribution is 2.24. The number of aliphatic hydroxyl groups is 2. The molecule has 0 aromatic heterocycles. The lowest BCUT2D eigenvalue weighted by Crippen LogP contribution is -2.40. The summed E-state index contributed by atoms with van der Waals surface area (Å²) in [5.41, 5.74) is 2.48. The van der Waals surface area contributed by atoms with E-state index in [-0.39, 0.29) is 12.6 Å². The molecule has 0 radical (unpaired) electrons. The van der Waals surface area contributed by atoms with Gasteiger partial charge in [-0.3, -0.25) is 4.90 Å². The van der Waals surface area contributed by atoms with Crippen LogP contribution in [0.3, 0.4) is 0 Å². The van der Waals surface area contributed by atoms with Gasteiger partial charge >= 0.3 is 5.97 Å². The lowest BCUT2D eigenvalue weighted by atomic mass is 10.0. The van der Waals surface area contributed by atoms with Crippen molar-refractivity contribution in [3.05, 3.63) is 99.5 Å². The SMILES string of the molecule is CCOC(=O)COc1ccc(C[C@@H](C)N(C[C@H](O)c2cccc(Cl)c2)C[C@H](O)c2cccc(Cl)c2)cc1. The summed E-state index contributed by atoms with van der Waals surface area (Å²) in [6, 6.07) is 21.8. The van der Waals surface area contributed by atoms with Gasteiger partial charge in [-0.05, 0) is 73.4 Å². The van der Waals surface area contributed by atoms with Gasteiger partial charge in [0.15, 0.2) is 6.61 Å². The highest BCUT2D eigenvalue weighted by molar-refractivity contribution is 6.30. The average Bonchev–Trinajstić information content (AvgIpc) is 2.88. The Kier molecular flexibility index (Phi) is 11.2. The van der Waals surface area contributed by atoms with Crippen LogP contribution in [0.25, 0.3) is 0 Å². The lowest BCUT2D eigenvalue weighted by Gasteiger charge is -2.33. The van der Waals surface area contributed by atoms with Gasteiger partial charge in [0.05, 0.1) is 18.8 Å². The summed E-state index contributed by atoms with van der Waals surface area (Å²) in [5.74, 6) is 0.168. The van der Waals surface area contributed by atoms with Crippen molar-refractivity contribution < 1.29 is 24.5 Å². The Morgan fingerprint density at radius 1 is 0.892 bits per heavy atom.